The Hall–Kier alpha value is -4.74. The van der Waals surface area contributed by atoms with Gasteiger partial charge < -0.3 is 4.74 Å². The molecule has 174 valence electrons. The highest BCUT2D eigenvalue weighted by Gasteiger charge is 2.37. The van der Waals surface area contributed by atoms with E-state index in [1.54, 1.807) is 37.6 Å². The Morgan fingerprint density at radius 3 is 2.66 bits per heavy atom. The van der Waals surface area contributed by atoms with Crippen molar-refractivity contribution in [2.75, 3.05) is 11.5 Å². The van der Waals surface area contributed by atoms with Gasteiger partial charge in [-0.2, -0.15) is 10.2 Å². The number of pyridine rings is 1. The molecule has 0 spiro atoms. The van der Waals surface area contributed by atoms with Gasteiger partial charge in [0.05, 0.1) is 23.7 Å². The number of hydrogen-bond acceptors (Lipinski definition) is 7. The molecule has 1 fully saturated rings. The van der Waals surface area contributed by atoms with Crippen LogP contribution >= 0.6 is 0 Å². The second-order valence-corrected chi connectivity index (χ2v) is 7.88. The van der Waals surface area contributed by atoms with Crippen LogP contribution < -0.4 is 4.90 Å². The maximum absolute atomic E-state index is 15.0. The Labute approximate surface area is 196 Å². The predicted octanol–water partition coefficient (Wildman–Crippen LogP) is 3.56. The van der Waals surface area contributed by atoms with Crippen molar-refractivity contribution < 1.29 is 18.3 Å². The zero-order chi connectivity index (χ0) is 24.1. The van der Waals surface area contributed by atoms with Gasteiger partial charge >= 0.3 is 6.09 Å². The van der Waals surface area contributed by atoms with Crippen molar-refractivity contribution in [1.29, 1.82) is 0 Å². The van der Waals surface area contributed by atoms with E-state index in [0.717, 1.165) is 6.20 Å². The molecule has 1 aliphatic heterocycles. The molecule has 5 aromatic rings. The van der Waals surface area contributed by atoms with Crippen LogP contribution in [0.4, 0.5) is 19.4 Å². The van der Waals surface area contributed by atoms with Crippen LogP contribution in [-0.2, 0) is 11.8 Å². The number of amides is 1. The quantitative estimate of drug-likeness (QED) is 0.392. The van der Waals surface area contributed by atoms with Crippen LogP contribution in [0.1, 0.15) is 11.7 Å². The number of halogens is 2. The molecule has 1 aliphatic rings. The highest BCUT2D eigenvalue weighted by Crippen LogP contribution is 2.33. The van der Waals surface area contributed by atoms with Gasteiger partial charge in [0.25, 0.3) is 0 Å². The number of benzene rings is 1. The molecule has 4 aromatic heterocycles. The number of aromatic nitrogens is 7. The third-order valence-corrected chi connectivity index (χ3v) is 5.80. The van der Waals surface area contributed by atoms with E-state index >= 15 is 0 Å². The van der Waals surface area contributed by atoms with E-state index in [-0.39, 0.29) is 6.61 Å². The van der Waals surface area contributed by atoms with E-state index in [4.69, 9.17) is 4.74 Å². The Morgan fingerprint density at radius 2 is 1.91 bits per heavy atom. The molecule has 0 N–H and O–H groups in total. The third kappa shape index (κ3) is 3.46. The molecule has 1 amide bonds. The van der Waals surface area contributed by atoms with Crippen LogP contribution in [0, 0.1) is 11.6 Å². The molecule has 0 saturated carbocycles. The minimum Gasteiger partial charge on any atom is -0.446 e. The summed E-state index contributed by atoms with van der Waals surface area (Å²) in [5, 5.41) is 8.28. The van der Waals surface area contributed by atoms with Gasteiger partial charge in [0.2, 0.25) is 0 Å². The number of aryl methyl sites for hydroxylation is 1. The van der Waals surface area contributed by atoms with E-state index in [2.05, 4.69) is 25.1 Å². The van der Waals surface area contributed by atoms with Gasteiger partial charge in [0.15, 0.2) is 11.5 Å². The standard InChI is InChI=1S/C23H16F2N8O2/c1-31-21(27-12-29-31)15-4-2-13(8-17(15)25)16-10-28-32-7-6-20(30-22(16)32)33-19(11-35-23(33)34)18-5-3-14(24)9-26-18/h2-10,12,19H,11H2,1H3. The molecule has 5 heterocycles. The van der Waals surface area contributed by atoms with Crippen LogP contribution in [-0.4, -0.2) is 47.0 Å². The van der Waals surface area contributed by atoms with Crippen molar-refractivity contribution in [3.05, 3.63) is 78.6 Å². The van der Waals surface area contributed by atoms with Crippen molar-refractivity contribution in [2.24, 2.45) is 7.05 Å². The Morgan fingerprint density at radius 1 is 1.03 bits per heavy atom. The van der Waals surface area contributed by atoms with Crippen LogP contribution in [0.25, 0.3) is 28.2 Å². The van der Waals surface area contributed by atoms with Crippen LogP contribution in [0.5, 0.6) is 0 Å². The second kappa shape index (κ2) is 7.94. The number of anilines is 1. The number of carbonyl (C=O) groups is 1. The van der Waals surface area contributed by atoms with E-state index in [0.29, 0.717) is 39.7 Å². The summed E-state index contributed by atoms with van der Waals surface area (Å²) in [6.45, 7) is 0.0468. The van der Waals surface area contributed by atoms with Crippen LogP contribution in [0.15, 0.2) is 61.3 Å². The summed E-state index contributed by atoms with van der Waals surface area (Å²) < 4.78 is 36.6. The molecule has 0 radical (unpaired) electrons. The fraction of sp³-hybridized carbons (Fsp3) is 0.130. The number of hydrogen-bond donors (Lipinski definition) is 0. The predicted molar refractivity (Wildman–Crippen MR) is 119 cm³/mol. The molecule has 0 bridgehead atoms. The van der Waals surface area contributed by atoms with Crippen molar-refractivity contribution in [3.63, 3.8) is 0 Å². The lowest BCUT2D eigenvalue weighted by Gasteiger charge is -2.20. The minimum atomic E-state index is -0.599. The molecule has 6 rings (SSSR count). The number of fused-ring (bicyclic) bond motifs is 1. The van der Waals surface area contributed by atoms with Gasteiger partial charge in [-0.1, -0.05) is 6.07 Å². The zero-order valence-electron chi connectivity index (χ0n) is 18.2. The van der Waals surface area contributed by atoms with Crippen LogP contribution in [0.3, 0.4) is 0 Å². The number of carbonyl (C=O) groups excluding carboxylic acids is 1. The first-order valence-corrected chi connectivity index (χ1v) is 10.6. The first kappa shape index (κ1) is 20.8. The molecule has 1 unspecified atom stereocenters. The van der Waals surface area contributed by atoms with E-state index < -0.39 is 23.8 Å². The first-order valence-electron chi connectivity index (χ1n) is 10.6. The number of rotatable bonds is 4. The zero-order valence-corrected chi connectivity index (χ0v) is 18.2. The highest BCUT2D eigenvalue weighted by atomic mass is 19.1. The summed E-state index contributed by atoms with van der Waals surface area (Å²) in [6.07, 6.45) is 5.06. The SMILES string of the molecule is Cn1ncnc1-c1ccc(-c2cnn3ccc(N4C(=O)OCC4c4ccc(F)cn4)nc23)cc1F. The van der Waals surface area contributed by atoms with E-state index in [1.807, 2.05) is 0 Å². The molecule has 1 atom stereocenters. The van der Waals surface area contributed by atoms with Crippen molar-refractivity contribution in [1.82, 2.24) is 34.3 Å². The Bertz CT molecular complexity index is 1580. The van der Waals surface area contributed by atoms with Crippen LogP contribution in [0.2, 0.25) is 0 Å². The average molecular weight is 474 g/mol. The summed E-state index contributed by atoms with van der Waals surface area (Å²) >= 11 is 0. The summed E-state index contributed by atoms with van der Waals surface area (Å²) in [5.74, 6) is -0.248. The highest BCUT2D eigenvalue weighted by molar-refractivity contribution is 5.90. The minimum absolute atomic E-state index is 0.0468. The average Bonchev–Trinajstić information content (AvgIpc) is 3.57. The van der Waals surface area contributed by atoms with Crippen molar-refractivity contribution >= 4 is 17.6 Å². The van der Waals surface area contributed by atoms with Gasteiger partial charge in [-0.25, -0.2) is 37.6 Å². The van der Waals surface area contributed by atoms with E-state index in [9.17, 15) is 13.6 Å². The molecule has 10 nitrogen and oxygen atoms in total. The lowest BCUT2D eigenvalue weighted by molar-refractivity contribution is 0.178. The molecule has 1 aromatic carbocycles. The van der Waals surface area contributed by atoms with Crippen molar-refractivity contribution in [2.45, 2.75) is 6.04 Å². The Kier molecular flexibility index (Phi) is 4.73. The monoisotopic (exact) mass is 474 g/mol. The summed E-state index contributed by atoms with van der Waals surface area (Å²) in [4.78, 5) is 26.7. The first-order chi connectivity index (χ1) is 17.0. The number of cyclic esters (lactones) is 1. The molecular weight excluding hydrogens is 458 g/mol. The number of nitrogens with zero attached hydrogens (tertiary/aromatic N) is 8. The molecule has 35 heavy (non-hydrogen) atoms. The fourth-order valence-electron chi connectivity index (χ4n) is 4.08. The van der Waals surface area contributed by atoms with Gasteiger partial charge in [0.1, 0.15) is 36.4 Å². The van der Waals surface area contributed by atoms with Gasteiger partial charge in [-0.05, 0) is 35.9 Å². The fourth-order valence-corrected chi connectivity index (χ4v) is 4.08. The Balaban J connectivity index is 1.40. The van der Waals surface area contributed by atoms with E-state index in [1.165, 1.54) is 38.6 Å². The number of ether oxygens (including phenoxy) is 1. The topological polar surface area (TPSA) is 103 Å². The molecule has 1 saturated heterocycles. The molecule has 0 aliphatic carbocycles. The van der Waals surface area contributed by atoms with Gasteiger partial charge in [0, 0.05) is 18.8 Å². The van der Waals surface area contributed by atoms with Gasteiger partial charge in [-0.15, -0.1) is 0 Å². The molecular formula is C23H16F2N8O2. The third-order valence-electron chi connectivity index (χ3n) is 5.80. The van der Waals surface area contributed by atoms with Gasteiger partial charge in [-0.3, -0.25) is 4.98 Å². The lowest BCUT2D eigenvalue weighted by Crippen LogP contribution is -2.28. The summed E-state index contributed by atoms with van der Waals surface area (Å²) in [5.41, 5.74) is 2.31. The molecule has 12 heteroatoms. The maximum atomic E-state index is 15.0. The van der Waals surface area contributed by atoms with Crippen molar-refractivity contribution in [3.8, 4) is 22.5 Å². The largest absolute Gasteiger partial charge is 0.446 e. The normalized spacial score (nSPS) is 15.7. The lowest BCUT2D eigenvalue weighted by atomic mass is 10.1. The second-order valence-electron chi connectivity index (χ2n) is 7.88. The summed E-state index contributed by atoms with van der Waals surface area (Å²) in [6, 6.07) is 8.56. The smallest absolute Gasteiger partial charge is 0.416 e. The summed E-state index contributed by atoms with van der Waals surface area (Å²) in [7, 11) is 1.69. The maximum Gasteiger partial charge on any atom is 0.416 e.